The van der Waals surface area contributed by atoms with Gasteiger partial charge in [-0.15, -0.1) is 0 Å². The van der Waals surface area contributed by atoms with Crippen LogP contribution in [0.25, 0.3) is 0 Å². The monoisotopic (exact) mass is 720 g/mol. The SMILES string of the molecule is NCc1c(Br)c(Br)c(CN)c(Br)c1Br.NCc1c(Cl)c(Cl)c(CN)c(Cl)c1Cl. The van der Waals surface area contributed by atoms with Gasteiger partial charge in [-0.25, -0.2) is 0 Å². The van der Waals surface area contributed by atoms with Gasteiger partial charge in [-0.2, -0.15) is 0 Å². The van der Waals surface area contributed by atoms with Crippen molar-refractivity contribution < 1.29 is 0 Å². The lowest BCUT2D eigenvalue weighted by Crippen LogP contribution is -2.05. The van der Waals surface area contributed by atoms with Crippen LogP contribution in [0.2, 0.25) is 20.1 Å². The standard InChI is InChI=1S/C8H8Br4N2.C8H8Cl4N2/c2*9-5-3(1-13)6(10)8(12)4(2-14)7(5)11/h2*1-2,13-14H2. The van der Waals surface area contributed by atoms with Crippen LogP contribution in [0, 0.1) is 0 Å². The van der Waals surface area contributed by atoms with Gasteiger partial charge in [-0.3, -0.25) is 0 Å². The molecule has 0 aromatic heterocycles. The van der Waals surface area contributed by atoms with Crippen molar-refractivity contribution in [2.45, 2.75) is 26.2 Å². The van der Waals surface area contributed by atoms with Crippen molar-refractivity contribution in [2.75, 3.05) is 0 Å². The Morgan fingerprint density at radius 1 is 0.429 bits per heavy atom. The average Bonchev–Trinajstić information content (AvgIpc) is 2.67. The molecule has 2 aromatic carbocycles. The first-order chi connectivity index (χ1) is 13.1. The van der Waals surface area contributed by atoms with E-state index in [-0.39, 0.29) is 13.1 Å². The van der Waals surface area contributed by atoms with Gasteiger partial charge in [-0.05, 0) is 74.8 Å². The predicted octanol–water partition coefficient (Wildman–Crippen LogP) is 6.87. The van der Waals surface area contributed by atoms with E-state index in [1.165, 1.54) is 0 Å². The summed E-state index contributed by atoms with van der Waals surface area (Å²) in [5, 5.41) is 1.29. The first-order valence-electron chi connectivity index (χ1n) is 7.56. The minimum absolute atomic E-state index is 0.182. The van der Waals surface area contributed by atoms with Gasteiger partial charge in [0.05, 0.1) is 20.1 Å². The first kappa shape index (κ1) is 27.4. The Balaban J connectivity index is 0.000000280. The highest BCUT2D eigenvalue weighted by atomic mass is 79.9. The Bertz CT molecular complexity index is 681. The lowest BCUT2D eigenvalue weighted by Gasteiger charge is -2.14. The fourth-order valence-corrected chi connectivity index (χ4v) is 6.33. The molecule has 0 aliphatic carbocycles. The van der Waals surface area contributed by atoms with Crippen molar-refractivity contribution in [3.05, 3.63) is 60.2 Å². The second kappa shape index (κ2) is 12.4. The fraction of sp³-hybridized carbons (Fsp3) is 0.250. The molecule has 0 spiro atoms. The molecule has 0 fully saturated rings. The van der Waals surface area contributed by atoms with Crippen LogP contribution in [0.1, 0.15) is 22.3 Å². The number of rotatable bonds is 4. The molecule has 0 heterocycles. The molecule has 0 radical (unpaired) electrons. The molecule has 12 heteroatoms. The topological polar surface area (TPSA) is 104 Å². The van der Waals surface area contributed by atoms with Crippen LogP contribution in [-0.2, 0) is 26.2 Å². The van der Waals surface area contributed by atoms with Crippen molar-refractivity contribution in [3.63, 3.8) is 0 Å². The van der Waals surface area contributed by atoms with E-state index in [4.69, 9.17) is 69.3 Å². The first-order valence-corrected chi connectivity index (χ1v) is 12.2. The van der Waals surface area contributed by atoms with Crippen LogP contribution in [0.4, 0.5) is 0 Å². The fourth-order valence-electron chi connectivity index (χ4n) is 2.16. The number of halogens is 8. The average molecular weight is 726 g/mol. The quantitative estimate of drug-likeness (QED) is 0.259. The number of nitrogens with two attached hydrogens (primary N) is 4. The van der Waals surface area contributed by atoms with E-state index in [1.54, 1.807) is 0 Å². The van der Waals surface area contributed by atoms with E-state index < -0.39 is 0 Å². The maximum Gasteiger partial charge on any atom is 0.0656 e. The van der Waals surface area contributed by atoms with Crippen LogP contribution in [-0.4, -0.2) is 0 Å². The molecule has 2 rings (SSSR count). The minimum atomic E-state index is 0.182. The third-order valence-electron chi connectivity index (χ3n) is 3.71. The maximum atomic E-state index is 5.94. The number of hydrogen-bond acceptors (Lipinski definition) is 4. The van der Waals surface area contributed by atoms with Crippen molar-refractivity contribution in [2.24, 2.45) is 22.9 Å². The molecule has 0 atom stereocenters. The van der Waals surface area contributed by atoms with Crippen molar-refractivity contribution in [1.29, 1.82) is 0 Å². The van der Waals surface area contributed by atoms with Gasteiger partial charge < -0.3 is 22.9 Å². The minimum Gasteiger partial charge on any atom is -0.326 e. The highest BCUT2D eigenvalue weighted by Crippen LogP contribution is 2.42. The summed E-state index contributed by atoms with van der Waals surface area (Å²) >= 11 is 37.7. The lowest BCUT2D eigenvalue weighted by atomic mass is 10.1. The van der Waals surface area contributed by atoms with Crippen LogP contribution < -0.4 is 22.9 Å². The molecule has 0 aliphatic heterocycles. The largest absolute Gasteiger partial charge is 0.326 e. The van der Waals surface area contributed by atoms with E-state index in [1.807, 2.05) is 0 Å². The van der Waals surface area contributed by atoms with Crippen LogP contribution in [0.3, 0.4) is 0 Å². The zero-order valence-corrected chi connectivity index (χ0v) is 23.5. The Labute approximate surface area is 217 Å². The molecular formula is C16H16Br4Cl4N4. The summed E-state index contributed by atoms with van der Waals surface area (Å²) in [6, 6.07) is 0. The molecule has 0 saturated carbocycles. The van der Waals surface area contributed by atoms with E-state index in [9.17, 15) is 0 Å². The third-order valence-corrected chi connectivity index (χ3v) is 10.1. The molecule has 0 bridgehead atoms. The van der Waals surface area contributed by atoms with Crippen LogP contribution in [0.15, 0.2) is 17.9 Å². The molecule has 8 N–H and O–H groups in total. The van der Waals surface area contributed by atoms with Gasteiger partial charge in [0.25, 0.3) is 0 Å². The molecule has 4 nitrogen and oxygen atoms in total. The Morgan fingerprint density at radius 3 is 0.750 bits per heavy atom. The second-order valence-corrected chi connectivity index (χ2v) is 9.93. The summed E-state index contributed by atoms with van der Waals surface area (Å²) in [7, 11) is 0. The Kier molecular flexibility index (Phi) is 12.1. The molecule has 2 aromatic rings. The van der Waals surface area contributed by atoms with Gasteiger partial charge in [0, 0.05) is 55.2 Å². The van der Waals surface area contributed by atoms with Gasteiger partial charge in [0.2, 0.25) is 0 Å². The molecule has 156 valence electrons. The molecule has 0 aliphatic rings. The maximum absolute atomic E-state index is 5.94. The van der Waals surface area contributed by atoms with Crippen LogP contribution >= 0.6 is 110 Å². The van der Waals surface area contributed by atoms with Crippen molar-refractivity contribution in [3.8, 4) is 0 Å². The highest BCUT2D eigenvalue weighted by Gasteiger charge is 2.18. The van der Waals surface area contributed by atoms with Crippen molar-refractivity contribution >= 4 is 110 Å². The van der Waals surface area contributed by atoms with E-state index >= 15 is 0 Å². The van der Waals surface area contributed by atoms with E-state index in [2.05, 4.69) is 63.7 Å². The summed E-state index contributed by atoms with van der Waals surface area (Å²) < 4.78 is 3.82. The molecule has 0 unspecified atom stereocenters. The smallest absolute Gasteiger partial charge is 0.0656 e. The predicted molar refractivity (Wildman–Crippen MR) is 135 cm³/mol. The summed E-state index contributed by atoms with van der Waals surface area (Å²) in [6.07, 6.45) is 0. The van der Waals surface area contributed by atoms with Gasteiger partial charge >= 0.3 is 0 Å². The van der Waals surface area contributed by atoms with E-state index in [0.717, 1.165) is 29.0 Å². The summed E-state index contributed by atoms with van der Waals surface area (Å²) in [6.45, 7) is 1.29. The second-order valence-electron chi connectivity index (χ2n) is 5.24. The number of hydrogen-bond donors (Lipinski definition) is 4. The number of benzene rings is 2. The van der Waals surface area contributed by atoms with Gasteiger partial charge in [-0.1, -0.05) is 46.4 Å². The summed E-state index contributed by atoms with van der Waals surface area (Å²) in [5.74, 6) is 0. The summed E-state index contributed by atoms with van der Waals surface area (Å²) in [5.41, 5.74) is 25.3. The Hall–Kier alpha value is 1.36. The normalized spacial score (nSPS) is 10.7. The molecule has 0 saturated heterocycles. The van der Waals surface area contributed by atoms with Gasteiger partial charge in [0.1, 0.15) is 0 Å². The lowest BCUT2D eigenvalue weighted by molar-refractivity contribution is 1.000. The highest BCUT2D eigenvalue weighted by molar-refractivity contribution is 9.14. The molecule has 28 heavy (non-hydrogen) atoms. The molecular weight excluding hydrogens is 710 g/mol. The van der Waals surface area contributed by atoms with Gasteiger partial charge in [0.15, 0.2) is 0 Å². The van der Waals surface area contributed by atoms with E-state index in [0.29, 0.717) is 44.3 Å². The summed E-state index contributed by atoms with van der Waals surface area (Å²) in [4.78, 5) is 0. The zero-order chi connectivity index (χ0) is 21.8. The zero-order valence-electron chi connectivity index (χ0n) is 14.2. The molecule has 0 amide bonds. The van der Waals surface area contributed by atoms with Crippen molar-refractivity contribution in [1.82, 2.24) is 0 Å². The third kappa shape index (κ3) is 5.78. The Morgan fingerprint density at radius 2 is 0.607 bits per heavy atom. The van der Waals surface area contributed by atoms with Crippen LogP contribution in [0.5, 0.6) is 0 Å².